The molecule has 2 rings (SSSR count). The van der Waals surface area contributed by atoms with Crippen LogP contribution in [0.1, 0.15) is 24.4 Å². The molecule has 0 aliphatic heterocycles. The lowest BCUT2D eigenvalue weighted by molar-refractivity contribution is 0.474. The smallest absolute Gasteiger partial charge is 0.122 e. The highest BCUT2D eigenvalue weighted by atomic mass is 16.3. The van der Waals surface area contributed by atoms with E-state index < -0.39 is 0 Å². The van der Waals surface area contributed by atoms with Gasteiger partial charge in [-0.15, -0.1) is 0 Å². The molecule has 2 aromatic rings. The topological polar surface area (TPSA) is 50.1 Å². The van der Waals surface area contributed by atoms with E-state index in [1.54, 1.807) is 18.3 Å². The molecule has 1 atom stereocenters. The zero-order valence-electron chi connectivity index (χ0n) is 10.1. The van der Waals surface area contributed by atoms with Gasteiger partial charge < -0.3 is 15.0 Å². The molecule has 0 radical (unpaired) electrons. The maximum Gasteiger partial charge on any atom is 0.122 e. The standard InChI is InChI=1S/C13H17N3O/c1-10(11-3-5-12(17)6-4-11)15-9-13-14-7-8-16(13)2/h3-8,10,15,17H,9H2,1-2H3. The minimum absolute atomic E-state index is 0.229. The van der Waals surface area contributed by atoms with Gasteiger partial charge in [0, 0.05) is 25.5 Å². The van der Waals surface area contributed by atoms with Crippen LogP contribution in [0.15, 0.2) is 36.7 Å². The average Bonchev–Trinajstić information content (AvgIpc) is 2.73. The first-order chi connectivity index (χ1) is 8.16. The number of benzene rings is 1. The number of nitrogens with zero attached hydrogens (tertiary/aromatic N) is 2. The molecule has 90 valence electrons. The third kappa shape index (κ3) is 2.85. The lowest BCUT2D eigenvalue weighted by Gasteiger charge is -2.14. The van der Waals surface area contributed by atoms with E-state index in [0.717, 1.165) is 17.9 Å². The van der Waals surface area contributed by atoms with Crippen LogP contribution in [-0.2, 0) is 13.6 Å². The molecule has 4 heteroatoms. The van der Waals surface area contributed by atoms with E-state index in [2.05, 4.69) is 17.2 Å². The highest BCUT2D eigenvalue weighted by molar-refractivity contribution is 5.27. The van der Waals surface area contributed by atoms with Crippen LogP contribution in [0, 0.1) is 0 Å². The Balaban J connectivity index is 1.95. The molecule has 1 heterocycles. The zero-order valence-corrected chi connectivity index (χ0v) is 10.1. The SMILES string of the molecule is CC(NCc1nccn1C)c1ccc(O)cc1. The second kappa shape index (κ2) is 5.01. The van der Waals surface area contributed by atoms with Crippen molar-refractivity contribution in [3.05, 3.63) is 48.0 Å². The number of aromatic hydroxyl groups is 1. The number of aryl methyl sites for hydroxylation is 1. The van der Waals surface area contributed by atoms with Crippen molar-refractivity contribution in [3.63, 3.8) is 0 Å². The summed E-state index contributed by atoms with van der Waals surface area (Å²) >= 11 is 0. The van der Waals surface area contributed by atoms with E-state index >= 15 is 0 Å². The Morgan fingerprint density at radius 2 is 2.06 bits per heavy atom. The van der Waals surface area contributed by atoms with Gasteiger partial charge in [0.1, 0.15) is 11.6 Å². The number of hydrogen-bond donors (Lipinski definition) is 2. The van der Waals surface area contributed by atoms with E-state index in [-0.39, 0.29) is 6.04 Å². The van der Waals surface area contributed by atoms with Gasteiger partial charge in [-0.05, 0) is 24.6 Å². The Labute approximate surface area is 101 Å². The molecule has 2 N–H and O–H groups in total. The fourth-order valence-electron chi connectivity index (χ4n) is 1.69. The van der Waals surface area contributed by atoms with Crippen LogP contribution in [0.4, 0.5) is 0 Å². The molecule has 1 aromatic carbocycles. The largest absolute Gasteiger partial charge is 0.508 e. The van der Waals surface area contributed by atoms with Gasteiger partial charge >= 0.3 is 0 Å². The van der Waals surface area contributed by atoms with Crippen molar-refractivity contribution in [1.82, 2.24) is 14.9 Å². The Bertz CT molecular complexity index is 476. The van der Waals surface area contributed by atoms with Gasteiger partial charge in [-0.25, -0.2) is 4.98 Å². The number of phenolic OH excluding ortho intramolecular Hbond substituents is 1. The fourth-order valence-corrected chi connectivity index (χ4v) is 1.69. The molecule has 0 amide bonds. The second-order valence-corrected chi connectivity index (χ2v) is 4.15. The number of rotatable bonds is 4. The molecule has 0 saturated heterocycles. The van der Waals surface area contributed by atoms with Crippen molar-refractivity contribution < 1.29 is 5.11 Å². The van der Waals surface area contributed by atoms with E-state index in [4.69, 9.17) is 0 Å². The van der Waals surface area contributed by atoms with Crippen LogP contribution in [0.25, 0.3) is 0 Å². The molecule has 0 spiro atoms. The summed E-state index contributed by atoms with van der Waals surface area (Å²) in [7, 11) is 1.98. The number of hydrogen-bond acceptors (Lipinski definition) is 3. The van der Waals surface area contributed by atoms with Crippen molar-refractivity contribution in [2.75, 3.05) is 0 Å². The second-order valence-electron chi connectivity index (χ2n) is 4.15. The van der Waals surface area contributed by atoms with E-state index in [1.807, 2.05) is 29.9 Å². The quantitative estimate of drug-likeness (QED) is 0.846. The Hall–Kier alpha value is -1.81. The van der Waals surface area contributed by atoms with Crippen molar-refractivity contribution in [2.24, 2.45) is 7.05 Å². The van der Waals surface area contributed by atoms with Gasteiger partial charge in [0.05, 0.1) is 6.54 Å². The lowest BCUT2D eigenvalue weighted by atomic mass is 10.1. The van der Waals surface area contributed by atoms with Gasteiger partial charge in [-0.1, -0.05) is 12.1 Å². The summed E-state index contributed by atoms with van der Waals surface area (Å²) in [6, 6.07) is 7.48. The van der Waals surface area contributed by atoms with Crippen LogP contribution < -0.4 is 5.32 Å². The highest BCUT2D eigenvalue weighted by Gasteiger charge is 2.06. The van der Waals surface area contributed by atoms with Gasteiger partial charge in [0.25, 0.3) is 0 Å². The predicted octanol–water partition coefficient (Wildman–Crippen LogP) is 1.98. The first kappa shape index (κ1) is 11.7. The molecule has 0 bridgehead atoms. The Kier molecular flexibility index (Phi) is 3.44. The van der Waals surface area contributed by atoms with Crippen LogP contribution in [-0.4, -0.2) is 14.7 Å². The number of phenols is 1. The normalized spacial score (nSPS) is 12.6. The van der Waals surface area contributed by atoms with Gasteiger partial charge in [-0.3, -0.25) is 0 Å². The minimum Gasteiger partial charge on any atom is -0.508 e. The lowest BCUT2D eigenvalue weighted by Crippen LogP contribution is -2.20. The first-order valence-electron chi connectivity index (χ1n) is 5.65. The van der Waals surface area contributed by atoms with E-state index in [0.29, 0.717) is 5.75 Å². The molecule has 4 nitrogen and oxygen atoms in total. The van der Waals surface area contributed by atoms with Gasteiger partial charge in [0.2, 0.25) is 0 Å². The van der Waals surface area contributed by atoms with E-state index in [9.17, 15) is 5.11 Å². The van der Waals surface area contributed by atoms with E-state index in [1.165, 1.54) is 0 Å². The maximum absolute atomic E-state index is 9.22. The predicted molar refractivity (Wildman–Crippen MR) is 66.6 cm³/mol. The fraction of sp³-hybridized carbons (Fsp3) is 0.308. The summed E-state index contributed by atoms with van der Waals surface area (Å²) in [6.07, 6.45) is 3.73. The summed E-state index contributed by atoms with van der Waals surface area (Å²) in [4.78, 5) is 4.26. The molecular weight excluding hydrogens is 214 g/mol. The maximum atomic E-state index is 9.22. The van der Waals surface area contributed by atoms with Gasteiger partial charge in [0.15, 0.2) is 0 Å². The number of imidazole rings is 1. The van der Waals surface area contributed by atoms with Crippen molar-refractivity contribution >= 4 is 0 Å². The third-order valence-electron chi connectivity index (χ3n) is 2.88. The third-order valence-corrected chi connectivity index (χ3v) is 2.88. The molecule has 0 aliphatic rings. The van der Waals surface area contributed by atoms with Crippen LogP contribution in [0.3, 0.4) is 0 Å². The van der Waals surface area contributed by atoms with Crippen molar-refractivity contribution in [1.29, 1.82) is 0 Å². The summed E-state index contributed by atoms with van der Waals surface area (Å²) in [5.41, 5.74) is 1.15. The van der Waals surface area contributed by atoms with Crippen LogP contribution in [0.2, 0.25) is 0 Å². The zero-order chi connectivity index (χ0) is 12.3. The summed E-state index contributed by atoms with van der Waals surface area (Å²) in [5.74, 6) is 1.31. The van der Waals surface area contributed by atoms with Crippen LogP contribution in [0.5, 0.6) is 5.75 Å². The average molecular weight is 231 g/mol. The summed E-state index contributed by atoms with van der Waals surface area (Å²) in [6.45, 7) is 2.82. The summed E-state index contributed by atoms with van der Waals surface area (Å²) in [5, 5.41) is 12.6. The monoisotopic (exact) mass is 231 g/mol. The molecular formula is C13H17N3O. The number of nitrogens with one attached hydrogen (secondary N) is 1. The molecule has 0 fully saturated rings. The first-order valence-corrected chi connectivity index (χ1v) is 5.65. The molecule has 0 saturated carbocycles. The molecule has 0 aliphatic carbocycles. The Morgan fingerprint density at radius 3 is 2.65 bits per heavy atom. The minimum atomic E-state index is 0.229. The molecule has 17 heavy (non-hydrogen) atoms. The number of aromatic nitrogens is 2. The molecule has 1 aromatic heterocycles. The summed E-state index contributed by atoms with van der Waals surface area (Å²) < 4.78 is 2.00. The highest BCUT2D eigenvalue weighted by Crippen LogP contribution is 2.16. The van der Waals surface area contributed by atoms with Crippen LogP contribution >= 0.6 is 0 Å². The van der Waals surface area contributed by atoms with Crippen molar-refractivity contribution in [3.8, 4) is 5.75 Å². The molecule has 1 unspecified atom stereocenters. The van der Waals surface area contributed by atoms with Gasteiger partial charge in [-0.2, -0.15) is 0 Å². The van der Waals surface area contributed by atoms with Crippen molar-refractivity contribution in [2.45, 2.75) is 19.5 Å². The Morgan fingerprint density at radius 1 is 1.35 bits per heavy atom.